The molecule has 0 spiro atoms. The summed E-state index contributed by atoms with van der Waals surface area (Å²) in [4.78, 5) is 11.4. The monoisotopic (exact) mass is 236 g/mol. The fraction of sp³-hybridized carbons (Fsp3) is 0.462. The summed E-state index contributed by atoms with van der Waals surface area (Å²) in [6.45, 7) is 4.31. The van der Waals surface area contributed by atoms with Gasteiger partial charge >= 0.3 is 0 Å². The molecule has 0 fully saturated rings. The molecule has 4 nitrogen and oxygen atoms in total. The summed E-state index contributed by atoms with van der Waals surface area (Å²) in [5, 5.41) is 2.56. The smallest absolute Gasteiger partial charge is 0.260 e. The van der Waals surface area contributed by atoms with Crippen LogP contribution in [0.2, 0.25) is 0 Å². The average Bonchev–Trinajstić information content (AvgIpc) is 2.31. The van der Waals surface area contributed by atoms with Crippen molar-refractivity contribution < 1.29 is 9.53 Å². The minimum absolute atomic E-state index is 0.135. The van der Waals surface area contributed by atoms with E-state index in [1.54, 1.807) is 14.0 Å². The van der Waals surface area contributed by atoms with Gasteiger partial charge in [-0.2, -0.15) is 0 Å². The quantitative estimate of drug-likeness (QED) is 0.802. The maximum absolute atomic E-state index is 11.4. The van der Waals surface area contributed by atoms with Crippen molar-refractivity contribution in [3.63, 3.8) is 0 Å². The number of nitrogens with two attached hydrogens (primary N) is 1. The van der Waals surface area contributed by atoms with E-state index >= 15 is 0 Å². The third-order valence-electron chi connectivity index (χ3n) is 2.55. The Morgan fingerprint density at radius 1 is 1.53 bits per heavy atom. The van der Waals surface area contributed by atoms with Crippen LogP contribution in [0.5, 0.6) is 5.75 Å². The van der Waals surface area contributed by atoms with Crippen LogP contribution in [0.25, 0.3) is 0 Å². The summed E-state index contributed by atoms with van der Waals surface area (Å²) in [7, 11) is 1.60. The van der Waals surface area contributed by atoms with Crippen molar-refractivity contribution in [2.75, 3.05) is 13.6 Å². The van der Waals surface area contributed by atoms with Gasteiger partial charge in [0.1, 0.15) is 5.75 Å². The second-order valence-electron chi connectivity index (χ2n) is 4.02. The Hall–Kier alpha value is -1.55. The topological polar surface area (TPSA) is 64.3 Å². The molecule has 0 aliphatic rings. The standard InChI is InChI=1S/C13H20N2O2/c1-9-4-5-12(11(8-9)6-7-14)17-10(2)13(16)15-3/h4-5,8,10H,6-7,14H2,1-3H3,(H,15,16). The van der Waals surface area contributed by atoms with Gasteiger partial charge in [-0.3, -0.25) is 4.79 Å². The van der Waals surface area contributed by atoms with E-state index in [1.807, 2.05) is 25.1 Å². The molecule has 1 amide bonds. The highest BCUT2D eigenvalue weighted by Crippen LogP contribution is 2.21. The van der Waals surface area contributed by atoms with Crippen LogP contribution in [-0.2, 0) is 11.2 Å². The number of nitrogens with one attached hydrogen (secondary N) is 1. The van der Waals surface area contributed by atoms with Crippen LogP contribution >= 0.6 is 0 Å². The molecular formula is C13H20N2O2. The zero-order valence-corrected chi connectivity index (χ0v) is 10.6. The highest BCUT2D eigenvalue weighted by Gasteiger charge is 2.14. The Morgan fingerprint density at radius 3 is 2.82 bits per heavy atom. The van der Waals surface area contributed by atoms with E-state index in [2.05, 4.69) is 5.32 Å². The predicted octanol–water partition coefficient (Wildman–Crippen LogP) is 1.01. The molecule has 0 aliphatic heterocycles. The molecule has 0 saturated heterocycles. The maximum Gasteiger partial charge on any atom is 0.260 e. The Morgan fingerprint density at radius 2 is 2.24 bits per heavy atom. The SMILES string of the molecule is CNC(=O)C(C)Oc1ccc(C)cc1CCN. The van der Waals surface area contributed by atoms with Crippen molar-refractivity contribution in [2.24, 2.45) is 5.73 Å². The fourth-order valence-electron chi connectivity index (χ4n) is 1.62. The first kappa shape index (κ1) is 13.5. The van der Waals surface area contributed by atoms with Gasteiger partial charge in [-0.05, 0) is 38.4 Å². The minimum atomic E-state index is -0.501. The van der Waals surface area contributed by atoms with Crippen LogP contribution in [0, 0.1) is 6.92 Å². The lowest BCUT2D eigenvalue weighted by atomic mass is 10.1. The molecule has 0 bridgehead atoms. The van der Waals surface area contributed by atoms with Crippen LogP contribution in [0.1, 0.15) is 18.1 Å². The number of hydrogen-bond donors (Lipinski definition) is 2. The van der Waals surface area contributed by atoms with Gasteiger partial charge < -0.3 is 15.8 Å². The number of likely N-dealkylation sites (N-methyl/N-ethyl adjacent to an activating group) is 1. The zero-order chi connectivity index (χ0) is 12.8. The summed E-state index contributed by atoms with van der Waals surface area (Å²) in [6, 6.07) is 5.89. The van der Waals surface area contributed by atoms with E-state index in [9.17, 15) is 4.79 Å². The van der Waals surface area contributed by atoms with Gasteiger partial charge in [0.15, 0.2) is 6.10 Å². The fourth-order valence-corrected chi connectivity index (χ4v) is 1.62. The van der Waals surface area contributed by atoms with Gasteiger partial charge in [0.05, 0.1) is 0 Å². The predicted molar refractivity (Wildman–Crippen MR) is 68.1 cm³/mol. The van der Waals surface area contributed by atoms with E-state index in [1.165, 1.54) is 0 Å². The lowest BCUT2D eigenvalue weighted by Crippen LogP contribution is -2.34. The Kier molecular flexibility index (Phi) is 4.97. The van der Waals surface area contributed by atoms with Crippen molar-refractivity contribution in [2.45, 2.75) is 26.4 Å². The van der Waals surface area contributed by atoms with E-state index in [4.69, 9.17) is 10.5 Å². The minimum Gasteiger partial charge on any atom is -0.481 e. The molecule has 1 rings (SSSR count). The number of aryl methyl sites for hydroxylation is 1. The third-order valence-corrected chi connectivity index (χ3v) is 2.55. The Balaban J connectivity index is 2.85. The number of rotatable bonds is 5. The number of ether oxygens (including phenoxy) is 1. The first-order chi connectivity index (χ1) is 8.08. The number of carbonyl (C=O) groups is 1. The van der Waals surface area contributed by atoms with Gasteiger partial charge in [-0.1, -0.05) is 17.7 Å². The van der Waals surface area contributed by atoms with Crippen LogP contribution in [0.15, 0.2) is 18.2 Å². The number of hydrogen-bond acceptors (Lipinski definition) is 3. The van der Waals surface area contributed by atoms with Crippen LogP contribution in [0.3, 0.4) is 0 Å². The maximum atomic E-state index is 11.4. The Labute approximate surface area is 102 Å². The molecule has 3 N–H and O–H groups in total. The lowest BCUT2D eigenvalue weighted by molar-refractivity contribution is -0.126. The van der Waals surface area contributed by atoms with Gasteiger partial charge in [0, 0.05) is 7.05 Å². The van der Waals surface area contributed by atoms with Crippen molar-refractivity contribution in [3.8, 4) is 5.75 Å². The Bertz CT molecular complexity index is 391. The molecule has 0 aliphatic carbocycles. The van der Waals surface area contributed by atoms with Gasteiger partial charge in [-0.15, -0.1) is 0 Å². The highest BCUT2D eigenvalue weighted by atomic mass is 16.5. The summed E-state index contributed by atoms with van der Waals surface area (Å²) < 4.78 is 5.64. The average molecular weight is 236 g/mol. The lowest BCUT2D eigenvalue weighted by Gasteiger charge is -2.16. The van der Waals surface area contributed by atoms with Gasteiger partial charge in [0.25, 0.3) is 5.91 Å². The van der Waals surface area contributed by atoms with Crippen molar-refractivity contribution in [1.82, 2.24) is 5.32 Å². The molecule has 1 aromatic rings. The summed E-state index contributed by atoms with van der Waals surface area (Å²) >= 11 is 0. The molecule has 0 aromatic heterocycles. The molecule has 1 unspecified atom stereocenters. The molecule has 94 valence electrons. The van der Waals surface area contributed by atoms with Crippen LogP contribution in [0.4, 0.5) is 0 Å². The number of amides is 1. The van der Waals surface area contributed by atoms with Crippen molar-refractivity contribution in [3.05, 3.63) is 29.3 Å². The van der Waals surface area contributed by atoms with E-state index in [0.29, 0.717) is 6.54 Å². The van der Waals surface area contributed by atoms with E-state index < -0.39 is 6.10 Å². The molecular weight excluding hydrogens is 216 g/mol. The largest absolute Gasteiger partial charge is 0.481 e. The zero-order valence-electron chi connectivity index (χ0n) is 10.6. The normalized spacial score (nSPS) is 12.0. The second-order valence-corrected chi connectivity index (χ2v) is 4.02. The molecule has 17 heavy (non-hydrogen) atoms. The summed E-state index contributed by atoms with van der Waals surface area (Å²) in [6.07, 6.45) is 0.247. The molecule has 1 atom stereocenters. The van der Waals surface area contributed by atoms with Gasteiger partial charge in [-0.25, -0.2) is 0 Å². The van der Waals surface area contributed by atoms with Gasteiger partial charge in [0.2, 0.25) is 0 Å². The third kappa shape index (κ3) is 3.75. The summed E-state index contributed by atoms with van der Waals surface area (Å²) in [5.41, 5.74) is 7.77. The highest BCUT2D eigenvalue weighted by molar-refractivity contribution is 5.80. The van der Waals surface area contributed by atoms with E-state index in [-0.39, 0.29) is 5.91 Å². The molecule has 4 heteroatoms. The van der Waals surface area contributed by atoms with Crippen molar-refractivity contribution in [1.29, 1.82) is 0 Å². The van der Waals surface area contributed by atoms with E-state index in [0.717, 1.165) is 23.3 Å². The molecule has 0 radical (unpaired) electrons. The van der Waals surface area contributed by atoms with Crippen molar-refractivity contribution >= 4 is 5.91 Å². The molecule has 0 saturated carbocycles. The van der Waals surface area contributed by atoms with Crippen LogP contribution in [-0.4, -0.2) is 25.6 Å². The van der Waals surface area contributed by atoms with Crippen LogP contribution < -0.4 is 15.8 Å². The number of carbonyl (C=O) groups excluding carboxylic acids is 1. The first-order valence-corrected chi connectivity index (χ1v) is 5.76. The first-order valence-electron chi connectivity index (χ1n) is 5.76. The molecule has 0 heterocycles. The second kappa shape index (κ2) is 6.25. The number of benzene rings is 1. The molecule has 1 aromatic carbocycles. The summed E-state index contributed by atoms with van der Waals surface area (Å²) in [5.74, 6) is 0.599.